The second-order valence-electron chi connectivity index (χ2n) is 6.31. The lowest BCUT2D eigenvalue weighted by Gasteiger charge is -2.29. The molecule has 3 aromatic rings. The molecule has 9 heteroatoms. The van der Waals surface area contributed by atoms with Gasteiger partial charge in [-0.3, -0.25) is 4.98 Å². The highest BCUT2D eigenvalue weighted by Crippen LogP contribution is 2.49. The standard InChI is InChI=1S/C19H10Cl3F3N2O/c20-12-6-11(7-13(21)8-12)18(19(23,24)25)9-17(27-28-18)10-1-2-16-14(5-10)15(22)3-4-26-16/h1-8H,9H2. The summed E-state index contributed by atoms with van der Waals surface area (Å²) >= 11 is 18.0. The molecule has 1 aliphatic heterocycles. The van der Waals surface area contributed by atoms with Crippen LogP contribution < -0.4 is 0 Å². The van der Waals surface area contributed by atoms with E-state index in [0.29, 0.717) is 21.5 Å². The molecule has 4 rings (SSSR count). The van der Waals surface area contributed by atoms with E-state index in [1.54, 1.807) is 30.5 Å². The minimum Gasteiger partial charge on any atom is -0.374 e. The Hall–Kier alpha value is -2.02. The third kappa shape index (κ3) is 3.19. The summed E-state index contributed by atoms with van der Waals surface area (Å²) in [5.41, 5.74) is -1.67. The van der Waals surface area contributed by atoms with Gasteiger partial charge in [-0.25, -0.2) is 0 Å². The van der Waals surface area contributed by atoms with Gasteiger partial charge < -0.3 is 4.84 Å². The van der Waals surface area contributed by atoms with Crippen molar-refractivity contribution in [3.63, 3.8) is 0 Å². The first kappa shape index (κ1) is 19.3. The minimum atomic E-state index is -4.75. The first-order chi connectivity index (χ1) is 13.2. The normalized spacial score (nSPS) is 19.6. The summed E-state index contributed by atoms with van der Waals surface area (Å²) in [6.45, 7) is 0. The van der Waals surface area contributed by atoms with Gasteiger partial charge in [-0.2, -0.15) is 13.2 Å². The van der Waals surface area contributed by atoms with E-state index < -0.39 is 18.2 Å². The maximum Gasteiger partial charge on any atom is 0.435 e. The lowest BCUT2D eigenvalue weighted by atomic mass is 9.86. The Morgan fingerprint density at radius 1 is 0.964 bits per heavy atom. The zero-order valence-corrected chi connectivity index (χ0v) is 16.2. The van der Waals surface area contributed by atoms with Crippen molar-refractivity contribution < 1.29 is 18.0 Å². The lowest BCUT2D eigenvalue weighted by Crippen LogP contribution is -2.42. The van der Waals surface area contributed by atoms with Gasteiger partial charge in [0.15, 0.2) is 0 Å². The van der Waals surface area contributed by atoms with Gasteiger partial charge in [0.2, 0.25) is 0 Å². The summed E-state index contributed by atoms with van der Waals surface area (Å²) < 4.78 is 42.2. The number of hydrogen-bond donors (Lipinski definition) is 0. The van der Waals surface area contributed by atoms with E-state index in [4.69, 9.17) is 39.6 Å². The van der Waals surface area contributed by atoms with Crippen molar-refractivity contribution in [1.29, 1.82) is 0 Å². The summed E-state index contributed by atoms with van der Waals surface area (Å²) in [5.74, 6) is 0. The fraction of sp³-hybridized carbons (Fsp3) is 0.158. The second-order valence-corrected chi connectivity index (χ2v) is 7.59. The first-order valence-corrected chi connectivity index (χ1v) is 9.16. The molecule has 0 bridgehead atoms. The van der Waals surface area contributed by atoms with Crippen molar-refractivity contribution in [2.24, 2.45) is 5.16 Å². The van der Waals surface area contributed by atoms with E-state index in [9.17, 15) is 13.2 Å². The molecule has 0 aliphatic carbocycles. The Labute approximate surface area is 172 Å². The Morgan fingerprint density at radius 3 is 2.36 bits per heavy atom. The summed E-state index contributed by atoms with van der Waals surface area (Å²) in [6.07, 6.45) is -3.73. The maximum absolute atomic E-state index is 14.1. The van der Waals surface area contributed by atoms with Crippen molar-refractivity contribution in [2.75, 3.05) is 0 Å². The molecular weight excluding hydrogens is 436 g/mol. The van der Waals surface area contributed by atoms with Crippen LogP contribution in [0.15, 0.2) is 53.8 Å². The molecule has 2 heterocycles. The second kappa shape index (κ2) is 6.79. The van der Waals surface area contributed by atoms with Gasteiger partial charge in [-0.1, -0.05) is 46.0 Å². The maximum atomic E-state index is 14.1. The largest absolute Gasteiger partial charge is 0.435 e. The van der Waals surface area contributed by atoms with Crippen LogP contribution in [0.5, 0.6) is 0 Å². The molecule has 1 aromatic heterocycles. The SMILES string of the molecule is FC(F)(F)C1(c2cc(Cl)cc(Cl)c2)CC(c2ccc3nccc(Cl)c3c2)=NO1. The number of aromatic nitrogens is 1. The molecule has 0 N–H and O–H groups in total. The molecule has 1 atom stereocenters. The zero-order chi connectivity index (χ0) is 20.1. The Morgan fingerprint density at radius 2 is 1.68 bits per heavy atom. The van der Waals surface area contributed by atoms with Crippen LogP contribution in [-0.2, 0) is 10.4 Å². The molecule has 144 valence electrons. The van der Waals surface area contributed by atoms with Crippen LogP contribution in [-0.4, -0.2) is 16.9 Å². The average molecular weight is 446 g/mol. The van der Waals surface area contributed by atoms with E-state index in [-0.39, 0.29) is 21.3 Å². The highest BCUT2D eigenvalue weighted by Gasteiger charge is 2.62. The fourth-order valence-electron chi connectivity index (χ4n) is 3.14. The highest BCUT2D eigenvalue weighted by molar-refractivity contribution is 6.35. The van der Waals surface area contributed by atoms with Crippen LogP contribution in [0, 0.1) is 0 Å². The monoisotopic (exact) mass is 444 g/mol. The van der Waals surface area contributed by atoms with Crippen LogP contribution in [0.1, 0.15) is 17.5 Å². The summed E-state index contributed by atoms with van der Waals surface area (Å²) in [4.78, 5) is 9.19. The first-order valence-electron chi connectivity index (χ1n) is 8.03. The molecular formula is C19H10Cl3F3N2O. The topological polar surface area (TPSA) is 34.5 Å². The predicted molar refractivity (Wildman–Crippen MR) is 103 cm³/mol. The van der Waals surface area contributed by atoms with Gasteiger partial charge in [0.1, 0.15) is 0 Å². The van der Waals surface area contributed by atoms with E-state index in [1.165, 1.54) is 18.2 Å². The van der Waals surface area contributed by atoms with Gasteiger partial charge >= 0.3 is 6.18 Å². The molecule has 3 nitrogen and oxygen atoms in total. The number of fused-ring (bicyclic) bond motifs is 1. The number of benzene rings is 2. The van der Waals surface area contributed by atoms with Gasteiger partial charge in [0.05, 0.1) is 16.3 Å². The number of rotatable bonds is 2. The summed E-state index contributed by atoms with van der Waals surface area (Å²) in [6, 6.07) is 10.3. The number of alkyl halides is 3. The Balaban J connectivity index is 1.78. The quantitative estimate of drug-likeness (QED) is 0.436. The third-order valence-electron chi connectivity index (χ3n) is 4.54. The lowest BCUT2D eigenvalue weighted by molar-refractivity contribution is -0.275. The fourth-order valence-corrected chi connectivity index (χ4v) is 3.87. The van der Waals surface area contributed by atoms with Gasteiger partial charge in [0, 0.05) is 39.2 Å². The third-order valence-corrected chi connectivity index (χ3v) is 5.30. The minimum absolute atomic E-state index is 0.0757. The van der Waals surface area contributed by atoms with Crippen LogP contribution >= 0.6 is 34.8 Å². The van der Waals surface area contributed by atoms with E-state index in [2.05, 4.69) is 10.1 Å². The van der Waals surface area contributed by atoms with Crippen molar-refractivity contribution in [1.82, 2.24) is 4.98 Å². The van der Waals surface area contributed by atoms with Gasteiger partial charge in [-0.05, 0) is 36.4 Å². The number of nitrogens with zero attached hydrogens (tertiary/aromatic N) is 2. The predicted octanol–water partition coefficient (Wildman–Crippen LogP) is 6.78. The van der Waals surface area contributed by atoms with Crippen LogP contribution in [0.4, 0.5) is 13.2 Å². The molecule has 1 unspecified atom stereocenters. The average Bonchev–Trinajstić information content (AvgIpc) is 3.08. The smallest absolute Gasteiger partial charge is 0.374 e. The van der Waals surface area contributed by atoms with Gasteiger partial charge in [0.25, 0.3) is 5.60 Å². The van der Waals surface area contributed by atoms with Crippen LogP contribution in [0.2, 0.25) is 15.1 Å². The number of hydrogen-bond acceptors (Lipinski definition) is 3. The highest BCUT2D eigenvalue weighted by atomic mass is 35.5. The van der Waals surface area contributed by atoms with Crippen molar-refractivity contribution in [2.45, 2.75) is 18.2 Å². The Kier molecular flexibility index (Phi) is 4.68. The van der Waals surface area contributed by atoms with Crippen molar-refractivity contribution in [3.05, 3.63) is 74.9 Å². The molecule has 28 heavy (non-hydrogen) atoms. The van der Waals surface area contributed by atoms with Crippen molar-refractivity contribution >= 4 is 51.4 Å². The Bertz CT molecular complexity index is 1100. The van der Waals surface area contributed by atoms with Crippen LogP contribution in [0.3, 0.4) is 0 Å². The molecule has 0 saturated carbocycles. The van der Waals surface area contributed by atoms with Crippen molar-refractivity contribution in [3.8, 4) is 0 Å². The number of pyridine rings is 1. The van der Waals surface area contributed by atoms with E-state index in [1.807, 2.05) is 0 Å². The molecule has 0 fully saturated rings. The van der Waals surface area contributed by atoms with Gasteiger partial charge in [-0.15, -0.1) is 0 Å². The molecule has 1 aliphatic rings. The summed E-state index contributed by atoms with van der Waals surface area (Å²) in [5, 5.41) is 4.95. The molecule has 0 spiro atoms. The van der Waals surface area contributed by atoms with Crippen LogP contribution in [0.25, 0.3) is 10.9 Å². The number of oxime groups is 1. The van der Waals surface area contributed by atoms with E-state index in [0.717, 1.165) is 0 Å². The number of halogens is 6. The molecule has 0 saturated heterocycles. The zero-order valence-electron chi connectivity index (χ0n) is 13.9. The summed E-state index contributed by atoms with van der Waals surface area (Å²) in [7, 11) is 0. The molecule has 0 radical (unpaired) electrons. The van der Waals surface area contributed by atoms with E-state index >= 15 is 0 Å². The molecule has 0 amide bonds. The molecule has 2 aromatic carbocycles.